The van der Waals surface area contributed by atoms with Crippen molar-refractivity contribution < 1.29 is 17.6 Å². The van der Waals surface area contributed by atoms with Crippen LogP contribution in [0, 0.1) is 5.82 Å². The number of hydrogen-bond acceptors (Lipinski definition) is 5. The molecular formula is C21H27FN4O3S. The predicted molar refractivity (Wildman–Crippen MR) is 116 cm³/mol. The van der Waals surface area contributed by atoms with Crippen LogP contribution in [0.1, 0.15) is 13.3 Å². The molecule has 7 nitrogen and oxygen atoms in total. The Morgan fingerprint density at radius 2 is 1.63 bits per heavy atom. The third-order valence-corrected chi connectivity index (χ3v) is 6.53. The Morgan fingerprint density at radius 3 is 2.23 bits per heavy atom. The number of amides is 1. The topological polar surface area (TPSA) is 81.7 Å². The molecule has 2 aromatic rings. The fourth-order valence-electron chi connectivity index (χ4n) is 3.27. The first kappa shape index (κ1) is 22.2. The second-order valence-corrected chi connectivity index (χ2v) is 8.90. The van der Waals surface area contributed by atoms with Crippen molar-refractivity contribution in [3.05, 3.63) is 54.3 Å². The van der Waals surface area contributed by atoms with Crippen LogP contribution in [0.4, 0.5) is 15.8 Å². The molecule has 2 N–H and O–H groups in total. The first-order valence-electron chi connectivity index (χ1n) is 10.00. The number of carbonyl (C=O) groups is 1. The molecule has 0 saturated carbocycles. The van der Waals surface area contributed by atoms with Crippen molar-refractivity contribution in [2.24, 2.45) is 0 Å². The van der Waals surface area contributed by atoms with E-state index in [1.807, 2.05) is 0 Å². The number of benzene rings is 2. The summed E-state index contributed by atoms with van der Waals surface area (Å²) in [5.41, 5.74) is 1.56. The summed E-state index contributed by atoms with van der Waals surface area (Å²) in [4.78, 5) is 16.0. The van der Waals surface area contributed by atoms with E-state index in [-0.39, 0.29) is 16.6 Å². The van der Waals surface area contributed by atoms with Crippen molar-refractivity contribution in [3.8, 4) is 0 Å². The lowest BCUT2D eigenvalue weighted by molar-refractivity contribution is -0.115. The Morgan fingerprint density at radius 1 is 1.00 bits per heavy atom. The third kappa shape index (κ3) is 6.01. The van der Waals surface area contributed by atoms with Gasteiger partial charge < -0.3 is 10.2 Å². The largest absolute Gasteiger partial charge is 0.369 e. The van der Waals surface area contributed by atoms with Crippen LogP contribution in [0.3, 0.4) is 0 Å². The summed E-state index contributed by atoms with van der Waals surface area (Å²) in [7, 11) is -3.61. The molecule has 0 unspecified atom stereocenters. The van der Waals surface area contributed by atoms with Crippen molar-refractivity contribution in [1.29, 1.82) is 0 Å². The number of piperazine rings is 1. The van der Waals surface area contributed by atoms with E-state index in [9.17, 15) is 17.6 Å². The van der Waals surface area contributed by atoms with Crippen LogP contribution in [0.5, 0.6) is 0 Å². The Kier molecular flexibility index (Phi) is 7.41. The van der Waals surface area contributed by atoms with E-state index >= 15 is 0 Å². The van der Waals surface area contributed by atoms with Gasteiger partial charge in [-0.15, -0.1) is 0 Å². The average Bonchev–Trinajstić information content (AvgIpc) is 2.75. The Hall–Kier alpha value is -2.49. The highest BCUT2D eigenvalue weighted by atomic mass is 32.2. The molecule has 1 heterocycles. The molecule has 1 aliphatic heterocycles. The molecule has 1 saturated heterocycles. The highest BCUT2D eigenvalue weighted by Gasteiger charge is 2.19. The first-order chi connectivity index (χ1) is 14.4. The molecule has 1 fully saturated rings. The zero-order valence-corrected chi connectivity index (χ0v) is 17.8. The van der Waals surface area contributed by atoms with Crippen molar-refractivity contribution in [1.82, 2.24) is 9.62 Å². The smallest absolute Gasteiger partial charge is 0.240 e. The van der Waals surface area contributed by atoms with Crippen molar-refractivity contribution in [2.75, 3.05) is 49.5 Å². The van der Waals surface area contributed by atoms with E-state index < -0.39 is 10.0 Å². The number of nitrogens with zero attached hydrogens (tertiary/aromatic N) is 2. The molecule has 0 spiro atoms. The van der Waals surface area contributed by atoms with E-state index in [0.29, 0.717) is 25.2 Å². The van der Waals surface area contributed by atoms with Gasteiger partial charge in [-0.25, -0.2) is 17.5 Å². The summed E-state index contributed by atoms with van der Waals surface area (Å²) in [6.07, 6.45) is 0.361. The number of sulfonamides is 1. The fourth-order valence-corrected chi connectivity index (χ4v) is 4.29. The summed E-state index contributed by atoms with van der Waals surface area (Å²) in [6.45, 7) is 5.91. The molecule has 0 aromatic heterocycles. The molecule has 2 aromatic carbocycles. The standard InChI is InChI=1S/C21H27FN4O3S/c1-2-21(27)24-18-5-9-20(10-6-18)30(28,29)23-11-12-25-13-15-26(16-14-25)19-7-3-17(22)4-8-19/h3-10,23H,2,11-16H2,1H3,(H,24,27). The van der Waals surface area contributed by atoms with Crippen LogP contribution in [-0.4, -0.2) is 58.5 Å². The number of nitrogens with one attached hydrogen (secondary N) is 2. The molecule has 1 aliphatic rings. The molecule has 3 rings (SSSR count). The maximum atomic E-state index is 13.1. The fraction of sp³-hybridized carbons (Fsp3) is 0.381. The second kappa shape index (κ2) is 10.0. The average molecular weight is 435 g/mol. The van der Waals surface area contributed by atoms with Crippen molar-refractivity contribution in [3.63, 3.8) is 0 Å². The zero-order chi connectivity index (χ0) is 21.6. The van der Waals surface area contributed by atoms with Gasteiger partial charge in [-0.3, -0.25) is 9.69 Å². The molecule has 9 heteroatoms. The zero-order valence-electron chi connectivity index (χ0n) is 17.0. The van der Waals surface area contributed by atoms with Gasteiger partial charge in [0.05, 0.1) is 4.90 Å². The minimum atomic E-state index is -3.61. The molecule has 0 aliphatic carbocycles. The lowest BCUT2D eigenvalue weighted by Gasteiger charge is -2.36. The van der Waals surface area contributed by atoms with Crippen LogP contribution < -0.4 is 14.9 Å². The van der Waals surface area contributed by atoms with Gasteiger partial charge in [0.15, 0.2) is 0 Å². The van der Waals surface area contributed by atoms with Gasteiger partial charge in [0.25, 0.3) is 0 Å². The molecule has 30 heavy (non-hydrogen) atoms. The van der Waals surface area contributed by atoms with Gasteiger partial charge in [0.1, 0.15) is 5.82 Å². The maximum absolute atomic E-state index is 13.1. The highest BCUT2D eigenvalue weighted by Crippen LogP contribution is 2.17. The molecule has 162 valence electrons. The monoisotopic (exact) mass is 434 g/mol. The SMILES string of the molecule is CCC(=O)Nc1ccc(S(=O)(=O)NCCN2CCN(c3ccc(F)cc3)CC2)cc1. The van der Waals surface area contributed by atoms with Crippen molar-refractivity contribution in [2.45, 2.75) is 18.2 Å². The quantitative estimate of drug-likeness (QED) is 0.666. The molecule has 0 radical (unpaired) electrons. The minimum Gasteiger partial charge on any atom is -0.369 e. The summed E-state index contributed by atoms with van der Waals surface area (Å²) >= 11 is 0. The van der Waals surface area contributed by atoms with Crippen LogP contribution in [0.15, 0.2) is 53.4 Å². The number of halogens is 1. The number of hydrogen-bond donors (Lipinski definition) is 2. The van der Waals surface area contributed by atoms with E-state index in [1.54, 1.807) is 31.2 Å². The molecule has 0 atom stereocenters. The Bertz CT molecular complexity index is 941. The van der Waals surface area contributed by atoms with Gasteiger partial charge >= 0.3 is 0 Å². The van der Waals surface area contributed by atoms with Crippen LogP contribution in [0.2, 0.25) is 0 Å². The summed E-state index contributed by atoms with van der Waals surface area (Å²) in [6, 6.07) is 12.6. The maximum Gasteiger partial charge on any atom is 0.240 e. The molecular weight excluding hydrogens is 407 g/mol. The summed E-state index contributed by atoms with van der Waals surface area (Å²) in [5, 5.41) is 2.69. The Labute approximate surface area is 176 Å². The number of carbonyl (C=O) groups excluding carboxylic acids is 1. The lowest BCUT2D eigenvalue weighted by atomic mass is 10.2. The lowest BCUT2D eigenvalue weighted by Crippen LogP contribution is -2.48. The highest BCUT2D eigenvalue weighted by molar-refractivity contribution is 7.89. The van der Waals surface area contributed by atoms with E-state index in [0.717, 1.165) is 31.9 Å². The van der Waals surface area contributed by atoms with Crippen LogP contribution in [0.25, 0.3) is 0 Å². The van der Waals surface area contributed by atoms with Gasteiger partial charge in [0, 0.05) is 57.1 Å². The van der Waals surface area contributed by atoms with Gasteiger partial charge in [0.2, 0.25) is 15.9 Å². The summed E-state index contributed by atoms with van der Waals surface area (Å²) in [5.74, 6) is -0.367. The third-order valence-electron chi connectivity index (χ3n) is 5.05. The minimum absolute atomic E-state index is 0.122. The van der Waals surface area contributed by atoms with Crippen molar-refractivity contribution >= 4 is 27.3 Å². The normalized spacial score (nSPS) is 15.2. The van der Waals surface area contributed by atoms with Gasteiger partial charge in [-0.2, -0.15) is 0 Å². The van der Waals surface area contributed by atoms with Crippen LogP contribution in [-0.2, 0) is 14.8 Å². The van der Waals surface area contributed by atoms with E-state index in [1.165, 1.54) is 24.3 Å². The first-order valence-corrected chi connectivity index (χ1v) is 11.5. The second-order valence-electron chi connectivity index (χ2n) is 7.13. The van der Waals surface area contributed by atoms with Crippen LogP contribution >= 0.6 is 0 Å². The molecule has 0 bridgehead atoms. The van der Waals surface area contributed by atoms with Gasteiger partial charge in [-0.05, 0) is 48.5 Å². The molecule has 1 amide bonds. The Balaban J connectivity index is 1.44. The van der Waals surface area contributed by atoms with Gasteiger partial charge in [-0.1, -0.05) is 6.92 Å². The summed E-state index contributed by atoms with van der Waals surface area (Å²) < 4.78 is 40.6. The van der Waals surface area contributed by atoms with E-state index in [2.05, 4.69) is 19.8 Å². The number of anilines is 2. The van der Waals surface area contributed by atoms with E-state index in [4.69, 9.17) is 0 Å². The number of rotatable bonds is 8. The predicted octanol–water partition coefficient (Wildman–Crippen LogP) is 2.27.